The van der Waals surface area contributed by atoms with Gasteiger partial charge in [-0.1, -0.05) is 11.3 Å². The maximum Gasteiger partial charge on any atom is 0.235 e. The summed E-state index contributed by atoms with van der Waals surface area (Å²) in [6, 6.07) is 3.82. The number of aryl methyl sites for hydroxylation is 1. The van der Waals surface area contributed by atoms with Gasteiger partial charge in [-0.05, 0) is 41.9 Å². The van der Waals surface area contributed by atoms with E-state index in [0.29, 0.717) is 0 Å². The van der Waals surface area contributed by atoms with Crippen LogP contribution in [-0.4, -0.2) is 34.6 Å². The molecule has 1 atom stereocenters. The Morgan fingerprint density at radius 2 is 1.96 bits per heavy atom. The van der Waals surface area contributed by atoms with E-state index in [1.54, 1.807) is 16.9 Å². The van der Waals surface area contributed by atoms with E-state index in [1.807, 2.05) is 29.9 Å². The Labute approximate surface area is 144 Å². The van der Waals surface area contributed by atoms with E-state index in [-0.39, 0.29) is 6.04 Å². The fraction of sp³-hybridized carbons (Fsp3) is 0.214. The van der Waals surface area contributed by atoms with E-state index in [0.717, 1.165) is 31.5 Å². The zero-order valence-corrected chi connectivity index (χ0v) is 14.8. The van der Waals surface area contributed by atoms with Crippen LogP contribution < -0.4 is 0 Å². The molecule has 23 heavy (non-hydrogen) atoms. The van der Waals surface area contributed by atoms with Crippen LogP contribution in [0, 0.1) is 6.92 Å². The van der Waals surface area contributed by atoms with Crippen molar-refractivity contribution in [1.82, 2.24) is 34.6 Å². The molecule has 0 bridgehead atoms. The monoisotopic (exact) mass is 389 g/mol. The number of rotatable bonds is 3. The third kappa shape index (κ3) is 2.45. The first-order valence-electron chi connectivity index (χ1n) is 6.97. The highest BCUT2D eigenvalue weighted by Gasteiger charge is 2.19. The summed E-state index contributed by atoms with van der Waals surface area (Å²) in [6.07, 6.45) is 5.43. The van der Waals surface area contributed by atoms with Gasteiger partial charge < -0.3 is 0 Å². The second-order valence-corrected chi connectivity index (χ2v) is 6.95. The standard InChI is InChI=1S/C14H12BrN7S/c1-8-11(15)7-21(19-8)9(2)13-20-22-12(17-18-14(22)23-13)10-3-5-16-6-4-10/h3-7,9H,1-2H3/t9-/m0/s1. The van der Waals surface area contributed by atoms with Crippen molar-refractivity contribution >= 4 is 32.2 Å². The summed E-state index contributed by atoms with van der Waals surface area (Å²) in [5.74, 6) is 0.718. The lowest BCUT2D eigenvalue weighted by molar-refractivity contribution is 0.551. The van der Waals surface area contributed by atoms with Crippen LogP contribution in [-0.2, 0) is 0 Å². The van der Waals surface area contributed by atoms with Gasteiger partial charge in [-0.3, -0.25) is 9.67 Å². The van der Waals surface area contributed by atoms with Crippen molar-refractivity contribution in [2.24, 2.45) is 0 Å². The Kier molecular flexibility index (Phi) is 3.46. The number of halogens is 1. The third-order valence-corrected chi connectivity index (χ3v) is 5.40. The molecular formula is C14H12BrN7S. The molecule has 0 radical (unpaired) electrons. The van der Waals surface area contributed by atoms with E-state index in [2.05, 4.69) is 48.2 Å². The summed E-state index contributed by atoms with van der Waals surface area (Å²) < 4.78 is 4.67. The van der Waals surface area contributed by atoms with Gasteiger partial charge in [0.05, 0.1) is 10.2 Å². The van der Waals surface area contributed by atoms with Crippen molar-refractivity contribution in [3.05, 3.63) is 45.9 Å². The van der Waals surface area contributed by atoms with Crippen LogP contribution in [0.4, 0.5) is 0 Å². The van der Waals surface area contributed by atoms with E-state index >= 15 is 0 Å². The van der Waals surface area contributed by atoms with Gasteiger partial charge in [-0.15, -0.1) is 10.2 Å². The SMILES string of the molecule is Cc1nn([C@@H](C)c2nn3c(-c4ccncc4)nnc3s2)cc1Br. The predicted molar refractivity (Wildman–Crippen MR) is 90.4 cm³/mol. The number of nitrogens with zero attached hydrogens (tertiary/aromatic N) is 7. The zero-order chi connectivity index (χ0) is 16.0. The fourth-order valence-corrected chi connectivity index (χ4v) is 3.43. The van der Waals surface area contributed by atoms with Crippen molar-refractivity contribution in [2.75, 3.05) is 0 Å². The minimum absolute atomic E-state index is 0.0250. The first-order valence-corrected chi connectivity index (χ1v) is 8.58. The van der Waals surface area contributed by atoms with E-state index < -0.39 is 0 Å². The predicted octanol–water partition coefficient (Wildman–Crippen LogP) is 3.12. The molecule has 0 aliphatic carbocycles. The van der Waals surface area contributed by atoms with E-state index in [1.165, 1.54) is 11.3 Å². The number of hydrogen-bond acceptors (Lipinski definition) is 6. The largest absolute Gasteiger partial charge is 0.265 e. The van der Waals surface area contributed by atoms with Crippen molar-refractivity contribution < 1.29 is 0 Å². The Morgan fingerprint density at radius 1 is 1.17 bits per heavy atom. The normalized spacial score (nSPS) is 12.8. The van der Waals surface area contributed by atoms with Crippen molar-refractivity contribution in [3.8, 4) is 11.4 Å². The second-order valence-electron chi connectivity index (χ2n) is 5.11. The minimum Gasteiger partial charge on any atom is -0.265 e. The molecule has 0 saturated carbocycles. The first-order chi connectivity index (χ1) is 11.1. The molecule has 0 saturated heterocycles. The molecule has 4 aromatic heterocycles. The molecule has 0 unspecified atom stereocenters. The third-order valence-electron chi connectivity index (χ3n) is 3.56. The maximum absolute atomic E-state index is 4.68. The summed E-state index contributed by atoms with van der Waals surface area (Å²) in [4.78, 5) is 4.79. The van der Waals surface area contributed by atoms with Gasteiger partial charge in [0.15, 0.2) is 5.82 Å². The summed E-state index contributed by atoms with van der Waals surface area (Å²) in [6.45, 7) is 4.03. The van der Waals surface area contributed by atoms with Crippen LogP contribution in [0.5, 0.6) is 0 Å². The molecular weight excluding hydrogens is 378 g/mol. The average Bonchev–Trinajstić information content (AvgIpc) is 3.22. The van der Waals surface area contributed by atoms with Gasteiger partial charge in [-0.25, -0.2) is 0 Å². The Bertz CT molecular complexity index is 952. The molecule has 116 valence electrons. The van der Waals surface area contributed by atoms with Crippen molar-refractivity contribution in [3.63, 3.8) is 0 Å². The second kappa shape index (κ2) is 5.50. The van der Waals surface area contributed by atoms with Crippen LogP contribution in [0.2, 0.25) is 0 Å². The van der Waals surface area contributed by atoms with Gasteiger partial charge in [-0.2, -0.15) is 14.7 Å². The topological polar surface area (TPSA) is 73.8 Å². The fourth-order valence-electron chi connectivity index (χ4n) is 2.25. The Balaban J connectivity index is 1.76. The number of aromatic nitrogens is 7. The Morgan fingerprint density at radius 3 is 2.65 bits per heavy atom. The summed E-state index contributed by atoms with van der Waals surface area (Å²) in [5.41, 5.74) is 1.90. The molecule has 0 spiro atoms. The van der Waals surface area contributed by atoms with Crippen LogP contribution in [0.1, 0.15) is 23.7 Å². The maximum atomic E-state index is 4.68. The molecule has 0 aromatic carbocycles. The highest BCUT2D eigenvalue weighted by Crippen LogP contribution is 2.27. The minimum atomic E-state index is 0.0250. The number of fused-ring (bicyclic) bond motifs is 1. The smallest absolute Gasteiger partial charge is 0.235 e. The first kappa shape index (κ1) is 14.5. The van der Waals surface area contributed by atoms with Gasteiger partial charge in [0.2, 0.25) is 4.96 Å². The lowest BCUT2D eigenvalue weighted by atomic mass is 10.2. The highest BCUT2D eigenvalue weighted by atomic mass is 79.9. The highest BCUT2D eigenvalue weighted by molar-refractivity contribution is 9.10. The zero-order valence-electron chi connectivity index (χ0n) is 12.4. The van der Waals surface area contributed by atoms with E-state index in [9.17, 15) is 0 Å². The van der Waals surface area contributed by atoms with Crippen LogP contribution in [0.25, 0.3) is 16.3 Å². The van der Waals surface area contributed by atoms with Crippen molar-refractivity contribution in [1.29, 1.82) is 0 Å². The van der Waals surface area contributed by atoms with Gasteiger partial charge >= 0.3 is 0 Å². The molecule has 4 aromatic rings. The summed E-state index contributed by atoms with van der Waals surface area (Å²) in [7, 11) is 0. The average molecular weight is 390 g/mol. The molecule has 9 heteroatoms. The molecule has 0 amide bonds. The van der Waals surface area contributed by atoms with Crippen LogP contribution in [0.15, 0.2) is 35.2 Å². The molecule has 0 aliphatic rings. The lowest BCUT2D eigenvalue weighted by Crippen LogP contribution is -2.08. The Hall–Kier alpha value is -2.13. The van der Waals surface area contributed by atoms with Crippen LogP contribution in [0.3, 0.4) is 0 Å². The summed E-state index contributed by atoms with van der Waals surface area (Å²) >= 11 is 5.01. The lowest BCUT2D eigenvalue weighted by Gasteiger charge is -2.07. The molecule has 4 heterocycles. The molecule has 4 rings (SSSR count). The van der Waals surface area contributed by atoms with E-state index in [4.69, 9.17) is 0 Å². The van der Waals surface area contributed by atoms with Crippen molar-refractivity contribution in [2.45, 2.75) is 19.9 Å². The molecule has 0 N–H and O–H groups in total. The molecule has 0 fully saturated rings. The number of hydrogen-bond donors (Lipinski definition) is 0. The van der Waals surface area contributed by atoms with Gasteiger partial charge in [0, 0.05) is 24.2 Å². The quantitative estimate of drug-likeness (QED) is 0.538. The molecule has 7 nitrogen and oxygen atoms in total. The number of pyridine rings is 1. The van der Waals surface area contributed by atoms with Crippen LogP contribution >= 0.6 is 27.3 Å². The summed E-state index contributed by atoms with van der Waals surface area (Å²) in [5, 5.41) is 18.6. The molecule has 0 aliphatic heterocycles. The van der Waals surface area contributed by atoms with Gasteiger partial charge in [0.25, 0.3) is 0 Å². The van der Waals surface area contributed by atoms with Gasteiger partial charge in [0.1, 0.15) is 11.0 Å².